The van der Waals surface area contributed by atoms with Crippen LogP contribution in [0.25, 0.3) is 11.4 Å². The van der Waals surface area contributed by atoms with Crippen molar-refractivity contribution < 1.29 is 4.52 Å². The van der Waals surface area contributed by atoms with E-state index in [2.05, 4.69) is 29.9 Å². The SMILES string of the molecule is CC(C)c1noc(CSc2nnc(-c3cccnc3)n2C2CC2)n1. The van der Waals surface area contributed by atoms with Gasteiger partial charge < -0.3 is 4.52 Å². The maximum atomic E-state index is 5.31. The van der Waals surface area contributed by atoms with Gasteiger partial charge in [0.05, 0.1) is 5.75 Å². The average Bonchev–Trinajstić information content (AvgIpc) is 3.17. The van der Waals surface area contributed by atoms with E-state index in [9.17, 15) is 0 Å². The molecule has 124 valence electrons. The van der Waals surface area contributed by atoms with Crippen LogP contribution in [-0.2, 0) is 5.75 Å². The Morgan fingerprint density at radius 1 is 1.33 bits per heavy atom. The number of aromatic nitrogens is 6. The van der Waals surface area contributed by atoms with Gasteiger partial charge in [-0.3, -0.25) is 9.55 Å². The van der Waals surface area contributed by atoms with Gasteiger partial charge in [0.1, 0.15) is 0 Å². The van der Waals surface area contributed by atoms with Crippen LogP contribution in [0.5, 0.6) is 0 Å². The van der Waals surface area contributed by atoms with Crippen LogP contribution in [0.2, 0.25) is 0 Å². The van der Waals surface area contributed by atoms with E-state index in [1.54, 1.807) is 18.0 Å². The Bertz CT molecular complexity index is 824. The summed E-state index contributed by atoms with van der Waals surface area (Å²) in [6.45, 7) is 4.09. The molecule has 1 saturated carbocycles. The predicted octanol–water partition coefficient (Wildman–Crippen LogP) is 3.47. The fourth-order valence-corrected chi connectivity index (χ4v) is 3.26. The summed E-state index contributed by atoms with van der Waals surface area (Å²) in [5.74, 6) is 3.10. The second kappa shape index (κ2) is 6.35. The predicted molar refractivity (Wildman–Crippen MR) is 89.5 cm³/mol. The molecule has 1 fully saturated rings. The number of thioether (sulfide) groups is 1. The Balaban J connectivity index is 1.56. The molecule has 3 heterocycles. The number of nitrogens with zero attached hydrogens (tertiary/aromatic N) is 6. The van der Waals surface area contributed by atoms with Gasteiger partial charge >= 0.3 is 0 Å². The van der Waals surface area contributed by atoms with Crippen molar-refractivity contribution in [2.45, 2.75) is 49.6 Å². The van der Waals surface area contributed by atoms with Crippen molar-refractivity contribution in [1.29, 1.82) is 0 Å². The summed E-state index contributed by atoms with van der Waals surface area (Å²) in [5, 5.41) is 13.6. The summed E-state index contributed by atoms with van der Waals surface area (Å²) in [7, 11) is 0. The van der Waals surface area contributed by atoms with Crippen LogP contribution >= 0.6 is 11.8 Å². The first kappa shape index (κ1) is 15.3. The Morgan fingerprint density at radius 3 is 2.88 bits per heavy atom. The van der Waals surface area contributed by atoms with E-state index in [-0.39, 0.29) is 5.92 Å². The molecule has 0 bridgehead atoms. The molecule has 0 spiro atoms. The maximum absolute atomic E-state index is 5.31. The van der Waals surface area contributed by atoms with E-state index in [1.165, 1.54) is 0 Å². The lowest BCUT2D eigenvalue weighted by molar-refractivity contribution is 0.382. The summed E-state index contributed by atoms with van der Waals surface area (Å²) in [6.07, 6.45) is 5.91. The third-order valence-corrected chi connectivity index (χ3v) is 4.75. The second-order valence-electron chi connectivity index (χ2n) is 6.14. The van der Waals surface area contributed by atoms with E-state index < -0.39 is 0 Å². The third kappa shape index (κ3) is 3.06. The fourth-order valence-electron chi connectivity index (χ4n) is 2.42. The van der Waals surface area contributed by atoms with E-state index in [0.717, 1.165) is 35.2 Å². The van der Waals surface area contributed by atoms with Crippen LogP contribution in [0.4, 0.5) is 0 Å². The third-order valence-electron chi connectivity index (χ3n) is 3.82. The van der Waals surface area contributed by atoms with Crippen LogP contribution in [0, 0.1) is 0 Å². The molecule has 0 saturated heterocycles. The average molecular weight is 342 g/mol. The Kier molecular flexibility index (Phi) is 4.05. The molecule has 0 aliphatic heterocycles. The molecular formula is C16H18N6OS. The molecular weight excluding hydrogens is 324 g/mol. The highest BCUT2D eigenvalue weighted by Crippen LogP contribution is 2.41. The van der Waals surface area contributed by atoms with E-state index >= 15 is 0 Å². The van der Waals surface area contributed by atoms with Gasteiger partial charge in [-0.1, -0.05) is 30.8 Å². The molecule has 0 unspecified atom stereocenters. The summed E-state index contributed by atoms with van der Waals surface area (Å²) in [5.41, 5.74) is 0.989. The summed E-state index contributed by atoms with van der Waals surface area (Å²) in [4.78, 5) is 8.60. The topological polar surface area (TPSA) is 82.5 Å². The first-order valence-corrected chi connectivity index (χ1v) is 9.01. The number of pyridine rings is 1. The van der Waals surface area contributed by atoms with E-state index in [1.807, 2.05) is 32.2 Å². The molecule has 0 amide bonds. The second-order valence-corrected chi connectivity index (χ2v) is 7.08. The Morgan fingerprint density at radius 2 is 2.21 bits per heavy atom. The van der Waals surface area contributed by atoms with Gasteiger partial charge in [0.2, 0.25) is 5.89 Å². The van der Waals surface area contributed by atoms with Crippen molar-refractivity contribution in [2.75, 3.05) is 0 Å². The van der Waals surface area contributed by atoms with Crippen molar-refractivity contribution in [3.8, 4) is 11.4 Å². The van der Waals surface area contributed by atoms with Gasteiger partial charge in [-0.25, -0.2) is 0 Å². The quantitative estimate of drug-likeness (QED) is 0.634. The minimum absolute atomic E-state index is 0.264. The van der Waals surface area contributed by atoms with Crippen molar-refractivity contribution in [3.63, 3.8) is 0 Å². The van der Waals surface area contributed by atoms with Crippen molar-refractivity contribution in [1.82, 2.24) is 29.9 Å². The van der Waals surface area contributed by atoms with Gasteiger partial charge in [-0.15, -0.1) is 10.2 Å². The molecule has 1 aliphatic rings. The zero-order valence-electron chi connectivity index (χ0n) is 13.6. The van der Waals surface area contributed by atoms with Crippen molar-refractivity contribution >= 4 is 11.8 Å². The molecule has 3 aromatic heterocycles. The van der Waals surface area contributed by atoms with E-state index in [0.29, 0.717) is 17.7 Å². The fraction of sp³-hybridized carbons (Fsp3) is 0.438. The zero-order chi connectivity index (χ0) is 16.5. The summed E-state index contributed by atoms with van der Waals surface area (Å²) < 4.78 is 7.52. The lowest BCUT2D eigenvalue weighted by atomic mass is 10.2. The molecule has 3 aromatic rings. The standard InChI is InChI=1S/C16H18N6OS/c1-10(2)14-18-13(23-21-14)9-24-16-20-19-15(22(16)12-5-6-12)11-4-3-7-17-8-11/h3-4,7-8,10,12H,5-6,9H2,1-2H3. The lowest BCUT2D eigenvalue weighted by Gasteiger charge is -2.07. The molecule has 4 rings (SSSR count). The van der Waals surface area contributed by atoms with Crippen molar-refractivity contribution in [2.24, 2.45) is 0 Å². The lowest BCUT2D eigenvalue weighted by Crippen LogP contribution is -2.00. The maximum Gasteiger partial charge on any atom is 0.237 e. The first-order valence-electron chi connectivity index (χ1n) is 8.03. The molecule has 8 heteroatoms. The molecule has 0 radical (unpaired) electrons. The minimum Gasteiger partial charge on any atom is -0.338 e. The molecule has 0 aromatic carbocycles. The zero-order valence-corrected chi connectivity index (χ0v) is 14.4. The normalized spacial score (nSPS) is 14.5. The highest BCUT2D eigenvalue weighted by Gasteiger charge is 2.30. The van der Waals surface area contributed by atoms with Crippen LogP contribution in [-0.4, -0.2) is 29.9 Å². The van der Waals surface area contributed by atoms with Gasteiger partial charge in [0.25, 0.3) is 0 Å². The van der Waals surface area contributed by atoms with Crippen LogP contribution < -0.4 is 0 Å². The van der Waals surface area contributed by atoms with E-state index in [4.69, 9.17) is 4.52 Å². The van der Waals surface area contributed by atoms with Gasteiger partial charge in [0.15, 0.2) is 16.8 Å². The molecule has 0 N–H and O–H groups in total. The minimum atomic E-state index is 0.264. The molecule has 24 heavy (non-hydrogen) atoms. The highest BCUT2D eigenvalue weighted by atomic mass is 32.2. The number of hydrogen-bond donors (Lipinski definition) is 0. The van der Waals surface area contributed by atoms with Crippen LogP contribution in [0.3, 0.4) is 0 Å². The van der Waals surface area contributed by atoms with Crippen molar-refractivity contribution in [3.05, 3.63) is 36.2 Å². The van der Waals surface area contributed by atoms with Gasteiger partial charge in [0, 0.05) is 29.9 Å². The molecule has 7 nitrogen and oxygen atoms in total. The first-order chi connectivity index (χ1) is 11.7. The van der Waals surface area contributed by atoms with Gasteiger partial charge in [-0.05, 0) is 25.0 Å². The smallest absolute Gasteiger partial charge is 0.237 e. The Labute approximate surface area is 143 Å². The highest BCUT2D eigenvalue weighted by molar-refractivity contribution is 7.98. The monoisotopic (exact) mass is 342 g/mol. The number of hydrogen-bond acceptors (Lipinski definition) is 7. The van der Waals surface area contributed by atoms with Crippen LogP contribution in [0.1, 0.15) is 50.4 Å². The molecule has 1 aliphatic carbocycles. The largest absolute Gasteiger partial charge is 0.338 e. The summed E-state index contributed by atoms with van der Waals surface area (Å²) >= 11 is 1.58. The van der Waals surface area contributed by atoms with Crippen LogP contribution in [0.15, 0.2) is 34.2 Å². The molecule has 0 atom stereocenters. The van der Waals surface area contributed by atoms with Gasteiger partial charge in [-0.2, -0.15) is 4.98 Å². The number of rotatable bonds is 6. The Hall–Kier alpha value is -2.22. The summed E-state index contributed by atoms with van der Waals surface area (Å²) in [6, 6.07) is 4.41.